The molecule has 0 aliphatic carbocycles. The minimum atomic E-state index is -1.06. The third-order valence-electron chi connectivity index (χ3n) is 23.1. The molecule has 0 saturated carbocycles. The Balaban J connectivity index is 0.000000224. The summed E-state index contributed by atoms with van der Waals surface area (Å²) in [7, 11) is 3.57. The Labute approximate surface area is 765 Å². The number of Topliss-reactive ketones (excluding diaryl/α,β-unsaturated/α-hetero) is 2. The normalized spacial score (nSPS) is 15.7. The highest BCUT2D eigenvalue weighted by Crippen LogP contribution is 2.40. The Morgan fingerprint density at radius 1 is 0.527 bits per heavy atom. The van der Waals surface area contributed by atoms with Gasteiger partial charge in [-0.15, -0.1) is 22.7 Å². The number of hydrogen-bond donors (Lipinski definition) is 8. The molecule has 129 heavy (non-hydrogen) atoms. The number of phenolic OH excluding ortho intramolecular Hbond substituents is 2. The zero-order chi connectivity index (χ0) is 93.1. The van der Waals surface area contributed by atoms with E-state index < -0.39 is 64.9 Å². The minimum absolute atomic E-state index is 0.0380. The molecule has 0 radical (unpaired) electrons. The maximum Gasteiger partial charge on any atom is 0.303 e. The van der Waals surface area contributed by atoms with E-state index in [2.05, 4.69) is 88.3 Å². The molecule has 8 N–H and O–H groups in total. The van der Waals surface area contributed by atoms with E-state index in [0.717, 1.165) is 102 Å². The molecule has 6 atom stereocenters. The van der Waals surface area contributed by atoms with Gasteiger partial charge in [0.15, 0.2) is 5.78 Å². The second-order valence-electron chi connectivity index (χ2n) is 34.7. The van der Waals surface area contributed by atoms with Crippen LogP contribution in [0.1, 0.15) is 175 Å². The fourth-order valence-electron chi connectivity index (χ4n) is 15.9. The third-order valence-corrected chi connectivity index (χ3v) is 25.1. The van der Waals surface area contributed by atoms with Gasteiger partial charge in [-0.2, -0.15) is 0 Å². The molecule has 25 heteroatoms. The number of hydrogen-bond acceptors (Lipinski definition) is 19. The number of aryl methyl sites for hydroxylation is 3. The number of carbonyl (C=O) groups excluding carboxylic acids is 7. The molecule has 0 spiro atoms. The number of carboxylic acids is 1. The Morgan fingerprint density at radius 2 is 0.977 bits per heavy atom. The number of rotatable bonds is 36. The quantitative estimate of drug-likeness (QED) is 0.0134. The molecule has 2 aliphatic rings. The number of aliphatic hydroxyl groups is 2. The molecule has 2 saturated heterocycles. The van der Waals surface area contributed by atoms with Gasteiger partial charge < -0.3 is 65.7 Å². The van der Waals surface area contributed by atoms with Crippen LogP contribution in [-0.4, -0.2) is 181 Å². The number of amides is 5. The summed E-state index contributed by atoms with van der Waals surface area (Å²) in [5.74, 6) is -2.12. The van der Waals surface area contributed by atoms with Gasteiger partial charge in [-0.3, -0.25) is 38.4 Å². The van der Waals surface area contributed by atoms with Crippen molar-refractivity contribution in [3.05, 3.63) is 273 Å². The number of nitrogens with zero attached hydrogens (tertiary/aromatic N) is 5. The van der Waals surface area contributed by atoms with Crippen molar-refractivity contribution in [3.8, 4) is 43.9 Å². The molecule has 680 valence electrons. The summed E-state index contributed by atoms with van der Waals surface area (Å²) >= 11 is 3.15. The molecular formula is C104H122N8O15S2. The Hall–Kier alpha value is -12.3. The van der Waals surface area contributed by atoms with Crippen LogP contribution < -0.4 is 25.4 Å². The van der Waals surface area contributed by atoms with Crippen molar-refractivity contribution in [2.75, 3.05) is 53.5 Å². The number of ketones is 2. The number of benzene rings is 8. The molecule has 8 aromatic carbocycles. The third kappa shape index (κ3) is 28.1. The maximum atomic E-state index is 14.1. The van der Waals surface area contributed by atoms with Crippen molar-refractivity contribution in [2.45, 2.75) is 177 Å². The number of likely N-dealkylation sites (N-methyl/N-ethyl adjacent to an activating group) is 2. The van der Waals surface area contributed by atoms with E-state index in [1.165, 1.54) is 37.0 Å². The van der Waals surface area contributed by atoms with Gasteiger partial charge in [-0.25, -0.2) is 9.97 Å². The number of aromatic hydroxyl groups is 2. The number of thiazole rings is 2. The average Bonchev–Trinajstić information content (AvgIpc) is 1.51. The first-order valence-electron chi connectivity index (χ1n) is 44.0. The molecule has 2 fully saturated rings. The maximum absolute atomic E-state index is 14.1. The van der Waals surface area contributed by atoms with Gasteiger partial charge in [0.25, 0.3) is 0 Å². The van der Waals surface area contributed by atoms with Crippen molar-refractivity contribution < 1.29 is 73.4 Å². The number of aromatic nitrogens is 2. The van der Waals surface area contributed by atoms with E-state index in [9.17, 15) is 58.8 Å². The highest BCUT2D eigenvalue weighted by atomic mass is 32.1. The fraction of sp³-hybridized carbons (Fsp3) is 0.365. The van der Waals surface area contributed by atoms with Gasteiger partial charge in [-0.1, -0.05) is 213 Å². The van der Waals surface area contributed by atoms with Crippen molar-refractivity contribution in [1.29, 1.82) is 0 Å². The van der Waals surface area contributed by atoms with Crippen molar-refractivity contribution >= 4 is 92.0 Å². The zero-order valence-electron chi connectivity index (χ0n) is 75.8. The summed E-state index contributed by atoms with van der Waals surface area (Å²) < 4.78 is 11.8. The summed E-state index contributed by atoms with van der Waals surface area (Å²) in [5, 5.41) is 58.3. The SMILES string of the molecule is CCC(=C(c1ccc(O)cc1)c1ccc(OCCN(C)C(=O)CCC(=O)N[C@H](C(=O)N2C[C@H](O)C[C@H]2C(=O)NCc2ccc(-c3scnc3C)cc2)C(C)(C)C)cc1)c1ccccc1.CCC(=C(c1ccc(O)cc1)c1ccc(OCCNC)cc1)c1ccccc1.Cc1ncsc1-c1ccc(CCC(=O)[C@@H]2C[C@@H](O)CN2C(=O)[C@@H](CC(=O)CCC(=O)O)C(C)(C)C)cc1. The number of allylic oxidation sites excluding steroid dienone is 2. The van der Waals surface area contributed by atoms with E-state index in [4.69, 9.17) is 14.6 Å². The summed E-state index contributed by atoms with van der Waals surface area (Å²) in [6.07, 6.45) is 0.296. The predicted octanol–water partition coefficient (Wildman–Crippen LogP) is 17.0. The van der Waals surface area contributed by atoms with Gasteiger partial charge in [0.2, 0.25) is 29.5 Å². The molecule has 4 heterocycles. The summed E-state index contributed by atoms with van der Waals surface area (Å²) in [4.78, 5) is 119. The number of ether oxygens (including phenoxy) is 2. The lowest BCUT2D eigenvalue weighted by atomic mass is 9.76. The first-order chi connectivity index (χ1) is 61.7. The smallest absolute Gasteiger partial charge is 0.303 e. The standard InChI is InChI=1S/C51H59N5O7S.C28H36N2O6S.C25H27NO2/c1-7-42(35-11-9-8-10-12-35)46(36-17-21-39(57)22-18-36)37-19-23-41(24-20-37)63-28-27-55(6)45(60)26-25-44(59)54-48(51(3,4)5)50(62)56-31-40(58)29-43(56)49(61)52-30-34-13-15-38(16-14-34)47-33(2)53-32-64-47;1-17-26(37-16-29-17)19-8-5-18(6-9-19)7-11-24(33)23-14-21(32)15-30(23)27(36)22(28(2,3)4)13-20(31)10-12-25(34)35;1-3-24(19-7-5-4-6-8-19)25(20-9-13-22(27)14-10-20)21-11-15-23(16-12-21)28-18-17-26-2/h8-24,32,40,43,48,57-58H,7,25-31H2,1-6H3,(H,52,61)(H,54,59);5-6,8-9,16,21-23,32H,7,10-15H2,1-4H3,(H,34,35);4-16,26-27H,3,17-18H2,1-2H3/t40-,43+,48-;21-,22-,23+;/m11./s1. The van der Waals surface area contributed by atoms with Gasteiger partial charge in [0.1, 0.15) is 54.1 Å². The number of likely N-dealkylation sites (tertiary alicyclic amines) is 2. The van der Waals surface area contributed by atoms with E-state index in [1.54, 1.807) is 54.0 Å². The number of phenols is 2. The number of aliphatic hydroxyl groups excluding tert-OH is 2. The second-order valence-corrected chi connectivity index (χ2v) is 36.4. The van der Waals surface area contributed by atoms with Crippen LogP contribution in [-0.2, 0) is 51.3 Å². The second kappa shape index (κ2) is 47.2. The van der Waals surface area contributed by atoms with Crippen LogP contribution >= 0.6 is 22.7 Å². The van der Waals surface area contributed by atoms with Crippen LogP contribution in [0.25, 0.3) is 43.2 Å². The number of aliphatic carboxylic acids is 1. The highest BCUT2D eigenvalue weighted by molar-refractivity contribution is 7.13. The first kappa shape index (κ1) is 98.9. The van der Waals surface area contributed by atoms with E-state index in [1.807, 2.05) is 207 Å². The summed E-state index contributed by atoms with van der Waals surface area (Å²) in [6, 6.07) is 64.6. The number of nitrogens with one attached hydrogen (secondary N) is 3. The molecule has 2 aromatic heterocycles. The Bertz CT molecular complexity index is 5450. The van der Waals surface area contributed by atoms with E-state index in [-0.39, 0.29) is 125 Å². The average molecular weight is 1790 g/mol. The zero-order valence-corrected chi connectivity index (χ0v) is 77.5. The van der Waals surface area contributed by atoms with Crippen LogP contribution in [0.15, 0.2) is 217 Å². The molecule has 0 unspecified atom stereocenters. The molecule has 5 amide bonds. The molecule has 10 aromatic rings. The predicted molar refractivity (Wildman–Crippen MR) is 509 cm³/mol. The molecule has 23 nitrogen and oxygen atoms in total. The molecule has 2 aliphatic heterocycles. The van der Waals surface area contributed by atoms with Crippen LogP contribution in [0.5, 0.6) is 23.0 Å². The van der Waals surface area contributed by atoms with Crippen LogP contribution in [0.2, 0.25) is 0 Å². The monoisotopic (exact) mass is 1790 g/mol. The minimum Gasteiger partial charge on any atom is -0.508 e. The first-order valence-corrected chi connectivity index (χ1v) is 45.8. The van der Waals surface area contributed by atoms with Gasteiger partial charge in [0.05, 0.1) is 63.4 Å². The van der Waals surface area contributed by atoms with Gasteiger partial charge >= 0.3 is 5.97 Å². The van der Waals surface area contributed by atoms with Crippen LogP contribution in [0.4, 0.5) is 0 Å². The van der Waals surface area contributed by atoms with Crippen LogP contribution in [0, 0.1) is 30.6 Å². The molecule has 12 rings (SSSR count). The molecule has 0 bridgehead atoms. The van der Waals surface area contributed by atoms with E-state index in [0.29, 0.717) is 18.8 Å². The summed E-state index contributed by atoms with van der Waals surface area (Å²) in [6.45, 7) is 21.5. The number of β-amino-alcohol motifs (C(OH)–C–C–N with tert-alkyl or cyclic N) is 2. The van der Waals surface area contributed by atoms with E-state index >= 15 is 0 Å². The lowest BCUT2D eigenvalue weighted by molar-refractivity contribution is -0.146. The van der Waals surface area contributed by atoms with Crippen LogP contribution in [0.3, 0.4) is 0 Å². The topological polar surface area (TPSA) is 328 Å². The highest BCUT2D eigenvalue weighted by Gasteiger charge is 2.46. The molecular weight excluding hydrogens is 1670 g/mol. The summed E-state index contributed by atoms with van der Waals surface area (Å²) in [5.41, 5.74) is 19.5. The van der Waals surface area contributed by atoms with Gasteiger partial charge in [0, 0.05) is 84.1 Å². The number of carboxylic acid groups (broad SMARTS) is 1. The largest absolute Gasteiger partial charge is 0.508 e. The fourth-order valence-corrected chi connectivity index (χ4v) is 17.5. The lowest BCUT2D eigenvalue weighted by Gasteiger charge is -2.35. The lowest BCUT2D eigenvalue weighted by Crippen LogP contribution is -2.57. The number of carbonyl (C=O) groups is 8. The van der Waals surface area contributed by atoms with Gasteiger partial charge in [-0.05, 0) is 177 Å². The van der Waals surface area contributed by atoms with Crippen molar-refractivity contribution in [2.24, 2.45) is 16.7 Å². The van der Waals surface area contributed by atoms with Crippen molar-refractivity contribution in [1.82, 2.24) is 40.6 Å². The van der Waals surface area contributed by atoms with Crippen molar-refractivity contribution in [3.63, 3.8) is 0 Å². The Morgan fingerprint density at radius 3 is 1.41 bits per heavy atom. The Kier molecular flexibility index (Phi) is 36.2.